The highest BCUT2D eigenvalue weighted by Gasteiger charge is 2.19. The van der Waals surface area contributed by atoms with Crippen LogP contribution in [0.3, 0.4) is 0 Å². The molecular weight excluding hydrogens is 380 g/mol. The summed E-state index contributed by atoms with van der Waals surface area (Å²) >= 11 is 0. The monoisotopic (exact) mass is 406 g/mol. The van der Waals surface area contributed by atoms with Crippen LogP contribution < -0.4 is 14.4 Å². The van der Waals surface area contributed by atoms with Crippen LogP contribution >= 0.6 is 0 Å². The molecule has 0 saturated carbocycles. The van der Waals surface area contributed by atoms with Gasteiger partial charge in [-0.3, -0.25) is 4.72 Å². The molecule has 7 nitrogen and oxygen atoms in total. The fourth-order valence-electron chi connectivity index (χ4n) is 2.81. The van der Waals surface area contributed by atoms with Crippen LogP contribution in [-0.4, -0.2) is 39.7 Å². The number of rotatable bonds is 10. The van der Waals surface area contributed by atoms with Crippen LogP contribution in [0.15, 0.2) is 47.4 Å². The van der Waals surface area contributed by atoms with E-state index in [9.17, 15) is 18.3 Å². The number of anilines is 2. The molecule has 0 atom stereocenters. The largest absolute Gasteiger partial charge is 0.497 e. The number of hydrogen-bond acceptors (Lipinski definition) is 5. The average molecular weight is 407 g/mol. The van der Waals surface area contributed by atoms with E-state index in [0.29, 0.717) is 18.0 Å². The van der Waals surface area contributed by atoms with Gasteiger partial charge in [-0.1, -0.05) is 13.3 Å². The Labute approximate surface area is 166 Å². The maximum Gasteiger partial charge on any atom is 0.337 e. The molecule has 0 radical (unpaired) electrons. The lowest BCUT2D eigenvalue weighted by atomic mass is 10.1. The lowest BCUT2D eigenvalue weighted by molar-refractivity contribution is 0.0697. The number of nitrogens with zero attached hydrogens (tertiary/aromatic N) is 1. The van der Waals surface area contributed by atoms with Crippen molar-refractivity contribution in [2.24, 2.45) is 0 Å². The van der Waals surface area contributed by atoms with E-state index in [2.05, 4.69) is 11.6 Å². The second-order valence-electron chi connectivity index (χ2n) is 6.25. The van der Waals surface area contributed by atoms with Crippen LogP contribution in [0.1, 0.15) is 37.0 Å². The van der Waals surface area contributed by atoms with E-state index in [-0.39, 0.29) is 16.1 Å². The second-order valence-corrected chi connectivity index (χ2v) is 7.93. The summed E-state index contributed by atoms with van der Waals surface area (Å²) in [5.41, 5.74) is 0.840. The molecule has 0 bridgehead atoms. The van der Waals surface area contributed by atoms with Crippen molar-refractivity contribution in [2.75, 3.05) is 29.8 Å². The lowest BCUT2D eigenvalue weighted by Gasteiger charge is -2.25. The molecule has 2 N–H and O–H groups in total. The van der Waals surface area contributed by atoms with E-state index in [1.807, 2.05) is 11.8 Å². The molecule has 0 saturated heterocycles. The van der Waals surface area contributed by atoms with Crippen LogP contribution in [0.25, 0.3) is 0 Å². The Hall–Kier alpha value is -2.74. The van der Waals surface area contributed by atoms with Crippen molar-refractivity contribution >= 4 is 27.4 Å². The topological polar surface area (TPSA) is 95.9 Å². The number of ether oxygens (including phenoxy) is 1. The third kappa shape index (κ3) is 5.16. The van der Waals surface area contributed by atoms with Gasteiger partial charge in [-0.2, -0.15) is 0 Å². The van der Waals surface area contributed by atoms with Crippen molar-refractivity contribution in [3.63, 3.8) is 0 Å². The predicted octanol–water partition coefficient (Wildman–Crippen LogP) is 3.82. The highest BCUT2D eigenvalue weighted by Crippen LogP contribution is 2.27. The van der Waals surface area contributed by atoms with Gasteiger partial charge < -0.3 is 14.7 Å². The fraction of sp³-hybridized carbons (Fsp3) is 0.350. The zero-order valence-corrected chi connectivity index (χ0v) is 17.1. The number of hydrogen-bond donors (Lipinski definition) is 2. The number of nitrogens with one attached hydrogen (secondary N) is 1. The van der Waals surface area contributed by atoms with Gasteiger partial charge in [0.25, 0.3) is 10.0 Å². The standard InChI is InChI=1S/C20H26N2O5S/c1-4-6-13-22(5-2)19-12-7-15(14-18(19)20(23)24)21-28(25,26)17-10-8-16(27-3)9-11-17/h7-12,14,21H,4-6,13H2,1-3H3,(H,23,24). The minimum atomic E-state index is -3.85. The van der Waals surface area contributed by atoms with Gasteiger partial charge in [-0.05, 0) is 55.8 Å². The summed E-state index contributed by atoms with van der Waals surface area (Å²) in [6, 6.07) is 10.5. The minimum absolute atomic E-state index is 0.0624. The van der Waals surface area contributed by atoms with Crippen molar-refractivity contribution < 1.29 is 23.1 Å². The second kappa shape index (κ2) is 9.45. The van der Waals surface area contributed by atoms with Crippen LogP contribution in [-0.2, 0) is 10.0 Å². The van der Waals surface area contributed by atoms with Gasteiger partial charge in [0.2, 0.25) is 0 Å². The number of benzene rings is 2. The van der Waals surface area contributed by atoms with Crippen molar-refractivity contribution in [3.8, 4) is 5.75 Å². The fourth-order valence-corrected chi connectivity index (χ4v) is 3.86. The lowest BCUT2D eigenvalue weighted by Crippen LogP contribution is -2.26. The molecule has 2 aromatic rings. The zero-order chi connectivity index (χ0) is 20.7. The number of unbranched alkanes of at least 4 members (excludes halogenated alkanes) is 1. The highest BCUT2D eigenvalue weighted by atomic mass is 32.2. The number of carboxylic acids is 1. The van der Waals surface area contributed by atoms with Gasteiger partial charge in [0.1, 0.15) is 5.75 Å². The van der Waals surface area contributed by atoms with Crippen molar-refractivity contribution in [1.82, 2.24) is 0 Å². The maximum absolute atomic E-state index is 12.6. The van der Waals surface area contributed by atoms with Gasteiger partial charge in [0, 0.05) is 18.8 Å². The van der Waals surface area contributed by atoms with E-state index in [1.165, 1.54) is 25.3 Å². The third-order valence-corrected chi connectivity index (χ3v) is 5.75. The molecule has 152 valence electrons. The molecule has 2 aromatic carbocycles. The molecule has 0 unspecified atom stereocenters. The summed E-state index contributed by atoms with van der Waals surface area (Å²) in [7, 11) is -2.35. The first kappa shape index (κ1) is 21.6. The Kier molecular flexibility index (Phi) is 7.28. The van der Waals surface area contributed by atoms with Crippen LogP contribution in [0.5, 0.6) is 5.75 Å². The first-order valence-corrected chi connectivity index (χ1v) is 10.6. The Morgan fingerprint density at radius 1 is 1.14 bits per heavy atom. The molecule has 2 rings (SSSR count). The summed E-state index contributed by atoms with van der Waals surface area (Å²) in [5.74, 6) is -0.557. The Balaban J connectivity index is 2.33. The van der Waals surface area contributed by atoms with Gasteiger partial charge >= 0.3 is 5.97 Å². The molecule has 0 aliphatic rings. The predicted molar refractivity (Wildman–Crippen MR) is 110 cm³/mol. The number of carbonyl (C=O) groups is 1. The number of carboxylic acid groups (broad SMARTS) is 1. The first-order valence-electron chi connectivity index (χ1n) is 9.11. The Morgan fingerprint density at radius 2 is 1.82 bits per heavy atom. The third-order valence-electron chi connectivity index (χ3n) is 4.35. The summed E-state index contributed by atoms with van der Waals surface area (Å²) in [6.45, 7) is 5.44. The normalized spacial score (nSPS) is 11.1. The summed E-state index contributed by atoms with van der Waals surface area (Å²) in [5, 5.41) is 9.62. The maximum atomic E-state index is 12.6. The van der Waals surface area contributed by atoms with Crippen LogP contribution in [0.4, 0.5) is 11.4 Å². The van der Waals surface area contributed by atoms with Crippen LogP contribution in [0.2, 0.25) is 0 Å². The van der Waals surface area contributed by atoms with Gasteiger partial charge in [-0.25, -0.2) is 13.2 Å². The molecule has 0 aliphatic carbocycles. The minimum Gasteiger partial charge on any atom is -0.497 e. The molecule has 0 fully saturated rings. The number of sulfonamides is 1. The molecule has 0 heterocycles. The summed E-state index contributed by atoms with van der Waals surface area (Å²) in [4.78, 5) is 13.8. The molecule has 0 spiro atoms. The van der Waals surface area contributed by atoms with Gasteiger partial charge in [0.15, 0.2) is 0 Å². The molecule has 0 aliphatic heterocycles. The van der Waals surface area contributed by atoms with E-state index in [4.69, 9.17) is 4.74 Å². The van der Waals surface area contributed by atoms with Crippen molar-refractivity contribution in [1.29, 1.82) is 0 Å². The highest BCUT2D eigenvalue weighted by molar-refractivity contribution is 7.92. The van der Waals surface area contributed by atoms with E-state index < -0.39 is 16.0 Å². The first-order chi connectivity index (χ1) is 13.3. The van der Waals surface area contributed by atoms with Crippen LogP contribution in [0, 0.1) is 0 Å². The Morgan fingerprint density at radius 3 is 2.36 bits per heavy atom. The zero-order valence-electron chi connectivity index (χ0n) is 16.3. The molecule has 0 aromatic heterocycles. The molecule has 8 heteroatoms. The molecule has 0 amide bonds. The van der Waals surface area contributed by atoms with E-state index >= 15 is 0 Å². The van der Waals surface area contributed by atoms with E-state index in [0.717, 1.165) is 19.4 Å². The van der Waals surface area contributed by atoms with E-state index in [1.54, 1.807) is 24.3 Å². The average Bonchev–Trinajstić information content (AvgIpc) is 2.69. The number of methoxy groups -OCH3 is 1. The van der Waals surface area contributed by atoms with Gasteiger partial charge in [-0.15, -0.1) is 0 Å². The molecule has 28 heavy (non-hydrogen) atoms. The summed E-state index contributed by atoms with van der Waals surface area (Å²) in [6.07, 6.45) is 1.94. The van der Waals surface area contributed by atoms with Gasteiger partial charge in [0.05, 0.1) is 23.3 Å². The molecular formula is C20H26N2O5S. The smallest absolute Gasteiger partial charge is 0.337 e. The summed E-state index contributed by atoms with van der Waals surface area (Å²) < 4.78 is 32.7. The van der Waals surface area contributed by atoms with Crippen molar-refractivity contribution in [3.05, 3.63) is 48.0 Å². The Bertz CT molecular complexity index is 911. The van der Waals surface area contributed by atoms with Crippen molar-refractivity contribution in [2.45, 2.75) is 31.6 Å². The number of aromatic carboxylic acids is 1. The SMILES string of the molecule is CCCCN(CC)c1ccc(NS(=O)(=O)c2ccc(OC)cc2)cc1C(=O)O. The quantitative estimate of drug-likeness (QED) is 0.623.